The minimum Gasteiger partial charge on any atom is -0.479 e. The minimum absolute atomic E-state index is 0.242. The summed E-state index contributed by atoms with van der Waals surface area (Å²) in [5.41, 5.74) is -1.29. The molecule has 2 atom stereocenters. The van der Waals surface area contributed by atoms with Crippen LogP contribution in [0.1, 0.15) is 12.5 Å². The molecule has 94 valence electrons. The molecule has 1 aromatic carbocycles. The molecule has 17 heavy (non-hydrogen) atoms. The summed E-state index contributed by atoms with van der Waals surface area (Å²) in [5.74, 6) is -1.48. The van der Waals surface area contributed by atoms with Crippen LogP contribution in [0.4, 0.5) is 0 Å². The van der Waals surface area contributed by atoms with E-state index in [2.05, 4.69) is 0 Å². The summed E-state index contributed by atoms with van der Waals surface area (Å²) >= 11 is 0. The topological polar surface area (TPSA) is 87.0 Å². The second kappa shape index (κ2) is 5.77. The number of benzene rings is 1. The third-order valence-corrected chi connectivity index (χ3v) is 2.47. The van der Waals surface area contributed by atoms with Crippen molar-refractivity contribution in [3.8, 4) is 0 Å². The van der Waals surface area contributed by atoms with Gasteiger partial charge in [-0.15, -0.1) is 0 Å². The van der Waals surface area contributed by atoms with Gasteiger partial charge in [0.05, 0.1) is 13.2 Å². The highest BCUT2D eigenvalue weighted by molar-refractivity contribution is 5.77. The maximum absolute atomic E-state index is 10.6. The molecular weight excluding hydrogens is 224 g/mol. The van der Waals surface area contributed by atoms with Crippen molar-refractivity contribution in [2.75, 3.05) is 6.61 Å². The zero-order chi connectivity index (χ0) is 12.9. The third kappa shape index (κ3) is 3.81. The first-order valence-electron chi connectivity index (χ1n) is 5.20. The molecule has 0 aliphatic rings. The van der Waals surface area contributed by atoms with Crippen molar-refractivity contribution in [2.24, 2.45) is 0 Å². The molecule has 0 radical (unpaired) electrons. The van der Waals surface area contributed by atoms with Crippen LogP contribution in [0.3, 0.4) is 0 Å². The van der Waals surface area contributed by atoms with Gasteiger partial charge >= 0.3 is 5.97 Å². The second-order valence-corrected chi connectivity index (χ2v) is 3.97. The molecule has 0 heterocycles. The van der Waals surface area contributed by atoms with Gasteiger partial charge in [0.15, 0.2) is 5.60 Å². The first-order valence-corrected chi connectivity index (χ1v) is 5.20. The van der Waals surface area contributed by atoms with Crippen molar-refractivity contribution in [3.05, 3.63) is 35.9 Å². The number of aliphatic carboxylic acids is 1. The Morgan fingerprint density at radius 2 is 2.00 bits per heavy atom. The highest BCUT2D eigenvalue weighted by Gasteiger charge is 2.38. The molecule has 5 nitrogen and oxygen atoms in total. The number of aliphatic hydroxyl groups is 2. The van der Waals surface area contributed by atoms with Crippen molar-refractivity contribution in [2.45, 2.75) is 25.2 Å². The van der Waals surface area contributed by atoms with Crippen LogP contribution in [0.5, 0.6) is 0 Å². The molecule has 0 spiro atoms. The van der Waals surface area contributed by atoms with Gasteiger partial charge in [-0.1, -0.05) is 30.3 Å². The lowest BCUT2D eigenvalue weighted by molar-refractivity contribution is -0.173. The van der Waals surface area contributed by atoms with Crippen LogP contribution in [0, 0.1) is 0 Å². The Kier molecular flexibility index (Phi) is 4.62. The Balaban J connectivity index is 2.39. The van der Waals surface area contributed by atoms with Crippen molar-refractivity contribution >= 4 is 5.97 Å². The highest BCUT2D eigenvalue weighted by atomic mass is 16.5. The molecule has 0 fully saturated rings. The molecule has 5 heteroatoms. The van der Waals surface area contributed by atoms with Crippen LogP contribution in [0.25, 0.3) is 0 Å². The molecule has 0 amide bonds. The Hall–Kier alpha value is -1.43. The van der Waals surface area contributed by atoms with E-state index in [9.17, 15) is 15.0 Å². The number of ether oxygens (including phenoxy) is 1. The molecular formula is C12H16O5. The summed E-state index contributed by atoms with van der Waals surface area (Å²) in [4.78, 5) is 10.6. The number of hydrogen-bond donors (Lipinski definition) is 3. The van der Waals surface area contributed by atoms with E-state index in [0.29, 0.717) is 0 Å². The lowest BCUT2D eigenvalue weighted by atomic mass is 10.0. The summed E-state index contributed by atoms with van der Waals surface area (Å²) in [6, 6.07) is 9.27. The predicted octanol–water partition coefficient (Wildman–Crippen LogP) is 0.400. The largest absolute Gasteiger partial charge is 0.479 e. The number of hydrogen-bond acceptors (Lipinski definition) is 4. The third-order valence-electron chi connectivity index (χ3n) is 2.47. The summed E-state index contributed by atoms with van der Waals surface area (Å²) in [6.07, 6.45) is -1.47. The number of rotatable bonds is 6. The quantitative estimate of drug-likeness (QED) is 0.670. The van der Waals surface area contributed by atoms with Crippen molar-refractivity contribution in [1.29, 1.82) is 0 Å². The fourth-order valence-electron chi connectivity index (χ4n) is 1.17. The minimum atomic E-state index is -2.20. The SMILES string of the molecule is CC(O)(C(=O)O)C(O)COCc1ccccc1. The zero-order valence-corrected chi connectivity index (χ0v) is 9.54. The number of carbonyl (C=O) groups is 1. The van der Waals surface area contributed by atoms with Crippen LogP contribution in [-0.2, 0) is 16.1 Å². The average molecular weight is 240 g/mol. The summed E-state index contributed by atoms with van der Waals surface area (Å²) < 4.78 is 5.14. The van der Waals surface area contributed by atoms with Gasteiger partial charge < -0.3 is 20.1 Å². The Morgan fingerprint density at radius 3 is 2.53 bits per heavy atom. The standard InChI is InChI=1S/C12H16O5/c1-12(16,11(14)15)10(13)8-17-7-9-5-3-2-4-6-9/h2-6,10,13,16H,7-8H2,1H3,(H,14,15). The first kappa shape index (κ1) is 13.6. The molecule has 0 aromatic heterocycles. The summed E-state index contributed by atoms with van der Waals surface area (Å²) in [7, 11) is 0. The molecule has 0 saturated carbocycles. The lowest BCUT2D eigenvalue weighted by Gasteiger charge is -2.24. The maximum atomic E-state index is 10.6. The van der Waals surface area contributed by atoms with E-state index in [-0.39, 0.29) is 13.2 Å². The van der Waals surface area contributed by atoms with Crippen LogP contribution >= 0.6 is 0 Å². The molecule has 3 N–H and O–H groups in total. The molecule has 0 aliphatic carbocycles. The molecule has 2 unspecified atom stereocenters. The average Bonchev–Trinajstić information content (AvgIpc) is 2.30. The maximum Gasteiger partial charge on any atom is 0.338 e. The zero-order valence-electron chi connectivity index (χ0n) is 9.54. The van der Waals surface area contributed by atoms with E-state index in [0.717, 1.165) is 12.5 Å². The van der Waals surface area contributed by atoms with Crippen molar-refractivity contribution in [3.63, 3.8) is 0 Å². The van der Waals surface area contributed by atoms with E-state index in [1.54, 1.807) is 0 Å². The van der Waals surface area contributed by atoms with Gasteiger partial charge in [0.1, 0.15) is 6.10 Å². The fourth-order valence-corrected chi connectivity index (χ4v) is 1.17. The molecule has 0 bridgehead atoms. The second-order valence-electron chi connectivity index (χ2n) is 3.97. The van der Waals surface area contributed by atoms with Gasteiger partial charge in [0.2, 0.25) is 0 Å². The normalized spacial score (nSPS) is 16.2. The lowest BCUT2D eigenvalue weighted by Crippen LogP contribution is -2.48. The Bertz CT molecular complexity index is 360. The monoisotopic (exact) mass is 240 g/mol. The first-order chi connectivity index (χ1) is 7.94. The van der Waals surface area contributed by atoms with Gasteiger partial charge in [-0.05, 0) is 12.5 Å². The van der Waals surface area contributed by atoms with E-state index in [4.69, 9.17) is 9.84 Å². The van der Waals surface area contributed by atoms with E-state index < -0.39 is 17.7 Å². The van der Waals surface area contributed by atoms with Gasteiger partial charge in [0.25, 0.3) is 0 Å². The smallest absolute Gasteiger partial charge is 0.338 e. The fraction of sp³-hybridized carbons (Fsp3) is 0.417. The number of carboxylic acids is 1. The van der Waals surface area contributed by atoms with Gasteiger partial charge in [-0.25, -0.2) is 4.79 Å². The van der Waals surface area contributed by atoms with E-state index in [1.165, 1.54) is 0 Å². The van der Waals surface area contributed by atoms with Crippen LogP contribution < -0.4 is 0 Å². The predicted molar refractivity (Wildman–Crippen MR) is 60.4 cm³/mol. The van der Waals surface area contributed by atoms with Gasteiger partial charge in [0, 0.05) is 0 Å². The Labute approximate surface area is 99.3 Å². The molecule has 1 aromatic rings. The Morgan fingerprint density at radius 1 is 1.41 bits per heavy atom. The van der Waals surface area contributed by atoms with Crippen LogP contribution in [-0.4, -0.2) is 39.6 Å². The number of carboxylic acid groups (broad SMARTS) is 1. The number of aliphatic hydroxyl groups excluding tert-OH is 1. The van der Waals surface area contributed by atoms with Crippen LogP contribution in [0.2, 0.25) is 0 Å². The molecule has 1 rings (SSSR count). The van der Waals surface area contributed by atoms with Crippen LogP contribution in [0.15, 0.2) is 30.3 Å². The highest BCUT2D eigenvalue weighted by Crippen LogP contribution is 2.11. The van der Waals surface area contributed by atoms with E-state index in [1.807, 2.05) is 30.3 Å². The molecule has 0 saturated heterocycles. The van der Waals surface area contributed by atoms with E-state index >= 15 is 0 Å². The summed E-state index contributed by atoms with van der Waals surface area (Å²) in [5, 5.41) is 27.6. The van der Waals surface area contributed by atoms with Crippen molar-refractivity contribution in [1.82, 2.24) is 0 Å². The van der Waals surface area contributed by atoms with Gasteiger partial charge in [-0.2, -0.15) is 0 Å². The van der Waals surface area contributed by atoms with Crippen molar-refractivity contribution < 1.29 is 24.9 Å². The molecule has 0 aliphatic heterocycles. The van der Waals surface area contributed by atoms with Gasteiger partial charge in [-0.3, -0.25) is 0 Å². The summed E-state index contributed by atoms with van der Waals surface area (Å²) in [6.45, 7) is 1.05.